The highest BCUT2D eigenvalue weighted by Gasteiger charge is 2.39. The molecule has 0 aliphatic heterocycles. The van der Waals surface area contributed by atoms with Gasteiger partial charge >= 0.3 is 0 Å². The van der Waals surface area contributed by atoms with Crippen molar-refractivity contribution >= 4 is 0 Å². The molecule has 0 amide bonds. The number of nitrogens with zero attached hydrogens (tertiary/aromatic N) is 1. The summed E-state index contributed by atoms with van der Waals surface area (Å²) in [5.74, 6) is 0.815. The van der Waals surface area contributed by atoms with Gasteiger partial charge in [0.2, 0.25) is 0 Å². The van der Waals surface area contributed by atoms with Gasteiger partial charge < -0.3 is 9.84 Å². The van der Waals surface area contributed by atoms with Crippen LogP contribution in [-0.4, -0.2) is 23.8 Å². The fourth-order valence-electron chi connectivity index (χ4n) is 1.93. The van der Waals surface area contributed by atoms with Crippen LogP contribution in [0.25, 0.3) is 0 Å². The van der Waals surface area contributed by atoms with Gasteiger partial charge in [-0.05, 0) is 18.9 Å². The molecule has 0 saturated heterocycles. The van der Waals surface area contributed by atoms with E-state index in [1.54, 1.807) is 13.3 Å². The quantitative estimate of drug-likeness (QED) is 0.791. The van der Waals surface area contributed by atoms with Gasteiger partial charge in [0.15, 0.2) is 0 Å². The van der Waals surface area contributed by atoms with Crippen molar-refractivity contribution in [3.05, 3.63) is 24.0 Å². The molecule has 0 radical (unpaired) electrons. The van der Waals surface area contributed by atoms with E-state index < -0.39 is 0 Å². The van der Waals surface area contributed by atoms with Crippen molar-refractivity contribution in [2.45, 2.75) is 24.7 Å². The second-order valence-corrected chi connectivity index (χ2v) is 3.87. The van der Waals surface area contributed by atoms with E-state index >= 15 is 0 Å². The van der Waals surface area contributed by atoms with Gasteiger partial charge in [-0.3, -0.25) is 4.98 Å². The van der Waals surface area contributed by atoms with Crippen molar-refractivity contribution in [3.8, 4) is 5.75 Å². The van der Waals surface area contributed by atoms with Crippen molar-refractivity contribution in [2.75, 3.05) is 13.7 Å². The van der Waals surface area contributed by atoms with Crippen molar-refractivity contribution in [1.29, 1.82) is 0 Å². The van der Waals surface area contributed by atoms with Crippen LogP contribution in [0.3, 0.4) is 0 Å². The monoisotopic (exact) mass is 193 g/mol. The molecule has 0 unspecified atom stereocenters. The fraction of sp³-hybridized carbons (Fsp3) is 0.545. The van der Waals surface area contributed by atoms with Gasteiger partial charge in [0.05, 0.1) is 19.4 Å². The summed E-state index contributed by atoms with van der Waals surface area (Å²) in [4.78, 5) is 4.31. The van der Waals surface area contributed by atoms with Crippen LogP contribution in [0.1, 0.15) is 25.0 Å². The van der Waals surface area contributed by atoms with E-state index in [9.17, 15) is 5.11 Å². The lowest BCUT2D eigenvalue weighted by Crippen LogP contribution is -2.38. The Bertz CT molecular complexity index is 315. The summed E-state index contributed by atoms with van der Waals surface area (Å²) < 4.78 is 5.14. The standard InChI is InChI=1S/C11H15NO2/c1-14-9-3-6-12-10(7-9)11(8-13)4-2-5-11/h3,6-7,13H,2,4-5,8H2,1H3. The summed E-state index contributed by atoms with van der Waals surface area (Å²) in [6.45, 7) is 0.188. The second kappa shape index (κ2) is 3.58. The molecule has 0 atom stereocenters. The zero-order valence-electron chi connectivity index (χ0n) is 8.36. The van der Waals surface area contributed by atoms with E-state index in [-0.39, 0.29) is 12.0 Å². The Morgan fingerprint density at radius 3 is 2.86 bits per heavy atom. The minimum atomic E-state index is -0.0887. The molecule has 1 heterocycles. The van der Waals surface area contributed by atoms with Crippen molar-refractivity contribution < 1.29 is 9.84 Å². The van der Waals surface area contributed by atoms with Crippen LogP contribution in [-0.2, 0) is 5.41 Å². The number of ether oxygens (including phenoxy) is 1. The minimum Gasteiger partial charge on any atom is -0.497 e. The summed E-state index contributed by atoms with van der Waals surface area (Å²) >= 11 is 0. The first kappa shape index (κ1) is 9.46. The molecule has 1 N–H and O–H groups in total. The predicted molar refractivity (Wildman–Crippen MR) is 53.4 cm³/mol. The highest BCUT2D eigenvalue weighted by molar-refractivity contribution is 5.29. The molecule has 0 aromatic carbocycles. The number of methoxy groups -OCH3 is 1. The first-order valence-electron chi connectivity index (χ1n) is 4.92. The third kappa shape index (κ3) is 1.38. The molecule has 1 aliphatic carbocycles. The lowest BCUT2D eigenvalue weighted by molar-refractivity contribution is 0.116. The summed E-state index contributed by atoms with van der Waals surface area (Å²) in [5, 5.41) is 9.37. The van der Waals surface area contributed by atoms with Gasteiger partial charge in [0.1, 0.15) is 5.75 Å². The summed E-state index contributed by atoms with van der Waals surface area (Å²) in [7, 11) is 1.64. The van der Waals surface area contributed by atoms with Crippen LogP contribution in [0.15, 0.2) is 18.3 Å². The highest BCUT2D eigenvalue weighted by atomic mass is 16.5. The summed E-state index contributed by atoms with van der Waals surface area (Å²) in [6, 6.07) is 3.75. The van der Waals surface area contributed by atoms with Crippen LogP contribution in [0, 0.1) is 0 Å². The van der Waals surface area contributed by atoms with Gasteiger partial charge in [0.25, 0.3) is 0 Å². The SMILES string of the molecule is COc1ccnc(C2(CO)CCC2)c1. The predicted octanol–water partition coefficient (Wildman–Crippen LogP) is 1.50. The Morgan fingerprint density at radius 1 is 1.57 bits per heavy atom. The van der Waals surface area contributed by atoms with Crippen LogP contribution in [0.5, 0.6) is 5.75 Å². The third-order valence-corrected chi connectivity index (χ3v) is 3.12. The molecule has 0 spiro atoms. The van der Waals surface area contributed by atoms with Crippen molar-refractivity contribution in [2.24, 2.45) is 0 Å². The van der Waals surface area contributed by atoms with E-state index in [0.29, 0.717) is 0 Å². The molecule has 76 valence electrons. The average molecular weight is 193 g/mol. The van der Waals surface area contributed by atoms with Gasteiger partial charge in [0, 0.05) is 17.7 Å². The Kier molecular flexibility index (Phi) is 2.42. The van der Waals surface area contributed by atoms with E-state index in [1.807, 2.05) is 12.1 Å². The number of pyridine rings is 1. The van der Waals surface area contributed by atoms with E-state index in [4.69, 9.17) is 4.74 Å². The van der Waals surface area contributed by atoms with E-state index in [0.717, 1.165) is 24.3 Å². The maximum absolute atomic E-state index is 9.37. The van der Waals surface area contributed by atoms with Crippen LogP contribution < -0.4 is 4.74 Å². The second-order valence-electron chi connectivity index (χ2n) is 3.87. The molecule has 1 aliphatic rings. The Labute approximate surface area is 83.7 Å². The lowest BCUT2D eigenvalue weighted by atomic mass is 9.67. The molecule has 1 fully saturated rings. The average Bonchev–Trinajstić information content (AvgIpc) is 2.18. The molecule has 3 nitrogen and oxygen atoms in total. The normalized spacial score (nSPS) is 18.7. The Balaban J connectivity index is 2.30. The number of hydrogen-bond acceptors (Lipinski definition) is 3. The fourth-order valence-corrected chi connectivity index (χ4v) is 1.93. The molecule has 1 aromatic heterocycles. The van der Waals surface area contributed by atoms with Gasteiger partial charge in [-0.1, -0.05) is 6.42 Å². The van der Waals surface area contributed by atoms with Crippen LogP contribution in [0.2, 0.25) is 0 Å². The third-order valence-electron chi connectivity index (χ3n) is 3.12. The molecule has 2 rings (SSSR count). The van der Waals surface area contributed by atoms with E-state index in [1.165, 1.54) is 6.42 Å². The van der Waals surface area contributed by atoms with Crippen molar-refractivity contribution in [1.82, 2.24) is 4.98 Å². The Hall–Kier alpha value is -1.09. The highest BCUT2D eigenvalue weighted by Crippen LogP contribution is 2.42. The summed E-state index contributed by atoms with van der Waals surface area (Å²) in [5.41, 5.74) is 0.875. The summed E-state index contributed by atoms with van der Waals surface area (Å²) in [6.07, 6.45) is 4.98. The number of aliphatic hydroxyl groups is 1. The molecule has 0 bridgehead atoms. The smallest absolute Gasteiger partial charge is 0.122 e. The first-order valence-corrected chi connectivity index (χ1v) is 4.92. The van der Waals surface area contributed by atoms with Gasteiger partial charge in [-0.15, -0.1) is 0 Å². The zero-order chi connectivity index (χ0) is 10.0. The maximum Gasteiger partial charge on any atom is 0.122 e. The molecular weight excluding hydrogens is 178 g/mol. The van der Waals surface area contributed by atoms with E-state index in [2.05, 4.69) is 4.98 Å². The molecular formula is C11H15NO2. The lowest BCUT2D eigenvalue weighted by Gasteiger charge is -2.39. The number of hydrogen-bond donors (Lipinski definition) is 1. The maximum atomic E-state index is 9.37. The van der Waals surface area contributed by atoms with Crippen molar-refractivity contribution in [3.63, 3.8) is 0 Å². The van der Waals surface area contributed by atoms with Crippen LogP contribution in [0.4, 0.5) is 0 Å². The molecule has 3 heteroatoms. The zero-order valence-corrected chi connectivity index (χ0v) is 8.36. The topological polar surface area (TPSA) is 42.4 Å². The van der Waals surface area contributed by atoms with Gasteiger partial charge in [-0.2, -0.15) is 0 Å². The number of rotatable bonds is 3. The molecule has 1 saturated carbocycles. The number of aliphatic hydroxyl groups excluding tert-OH is 1. The number of aromatic nitrogens is 1. The largest absolute Gasteiger partial charge is 0.497 e. The Morgan fingerprint density at radius 2 is 2.36 bits per heavy atom. The minimum absolute atomic E-state index is 0.0887. The van der Waals surface area contributed by atoms with Crippen LogP contribution >= 0.6 is 0 Å². The molecule has 14 heavy (non-hydrogen) atoms. The van der Waals surface area contributed by atoms with Gasteiger partial charge in [-0.25, -0.2) is 0 Å². The first-order chi connectivity index (χ1) is 6.80. The molecule has 1 aromatic rings.